The van der Waals surface area contributed by atoms with Gasteiger partial charge in [-0.3, -0.25) is 4.79 Å². The summed E-state index contributed by atoms with van der Waals surface area (Å²) in [5.41, 5.74) is 9.70. The van der Waals surface area contributed by atoms with Gasteiger partial charge in [0.25, 0.3) is 0 Å². The number of benzene rings is 2. The van der Waals surface area contributed by atoms with Crippen molar-refractivity contribution in [3.8, 4) is 16.9 Å². The predicted molar refractivity (Wildman–Crippen MR) is 97.3 cm³/mol. The fourth-order valence-electron chi connectivity index (χ4n) is 2.68. The SMILES string of the molecule is CCOC(=O)C(N)Cc1cn(-c2ccccc2)nc1-c1ccccc1. The minimum atomic E-state index is -0.712. The van der Waals surface area contributed by atoms with Gasteiger partial charge in [-0.1, -0.05) is 48.5 Å². The molecule has 0 aliphatic carbocycles. The second-order valence-electron chi connectivity index (χ2n) is 5.71. The number of carbonyl (C=O) groups excluding carboxylic acids is 1. The zero-order valence-electron chi connectivity index (χ0n) is 14.1. The smallest absolute Gasteiger partial charge is 0.323 e. The summed E-state index contributed by atoms with van der Waals surface area (Å²) in [4.78, 5) is 11.9. The molecule has 0 saturated heterocycles. The zero-order chi connectivity index (χ0) is 17.6. The number of rotatable bonds is 6. The van der Waals surface area contributed by atoms with Crippen LogP contribution >= 0.6 is 0 Å². The van der Waals surface area contributed by atoms with E-state index in [4.69, 9.17) is 15.6 Å². The van der Waals surface area contributed by atoms with Crippen molar-refractivity contribution in [3.05, 3.63) is 72.4 Å². The first-order valence-electron chi connectivity index (χ1n) is 8.30. The third-order valence-electron chi connectivity index (χ3n) is 3.89. The van der Waals surface area contributed by atoms with E-state index in [9.17, 15) is 4.79 Å². The lowest BCUT2D eigenvalue weighted by molar-refractivity contribution is -0.144. The number of hydrogen-bond donors (Lipinski definition) is 1. The summed E-state index contributed by atoms with van der Waals surface area (Å²) in [5, 5.41) is 4.72. The molecule has 1 heterocycles. The number of carbonyl (C=O) groups is 1. The van der Waals surface area contributed by atoms with E-state index in [0.29, 0.717) is 13.0 Å². The van der Waals surface area contributed by atoms with Gasteiger partial charge >= 0.3 is 5.97 Å². The van der Waals surface area contributed by atoms with Crippen molar-refractivity contribution in [2.45, 2.75) is 19.4 Å². The van der Waals surface area contributed by atoms with Crippen molar-refractivity contribution in [1.82, 2.24) is 9.78 Å². The molecular formula is C20H21N3O2. The quantitative estimate of drug-likeness (QED) is 0.703. The molecule has 2 N–H and O–H groups in total. The molecule has 3 aromatic rings. The zero-order valence-corrected chi connectivity index (χ0v) is 14.1. The molecule has 0 saturated carbocycles. The van der Waals surface area contributed by atoms with Crippen LogP contribution in [0.25, 0.3) is 16.9 Å². The third-order valence-corrected chi connectivity index (χ3v) is 3.89. The summed E-state index contributed by atoms with van der Waals surface area (Å²) in [6.07, 6.45) is 2.30. The van der Waals surface area contributed by atoms with Gasteiger partial charge in [-0.15, -0.1) is 0 Å². The molecule has 3 rings (SSSR count). The van der Waals surface area contributed by atoms with E-state index in [1.807, 2.05) is 71.5 Å². The van der Waals surface area contributed by atoms with E-state index in [0.717, 1.165) is 22.5 Å². The second-order valence-corrected chi connectivity index (χ2v) is 5.71. The van der Waals surface area contributed by atoms with Crippen LogP contribution in [0.15, 0.2) is 66.9 Å². The monoisotopic (exact) mass is 335 g/mol. The average molecular weight is 335 g/mol. The summed E-state index contributed by atoms with van der Waals surface area (Å²) in [6.45, 7) is 2.09. The van der Waals surface area contributed by atoms with Gasteiger partial charge in [0.05, 0.1) is 18.0 Å². The lowest BCUT2D eigenvalue weighted by Crippen LogP contribution is -2.34. The van der Waals surface area contributed by atoms with Gasteiger partial charge in [-0.2, -0.15) is 5.10 Å². The number of nitrogens with zero attached hydrogens (tertiary/aromatic N) is 2. The van der Waals surface area contributed by atoms with Crippen molar-refractivity contribution >= 4 is 5.97 Å². The van der Waals surface area contributed by atoms with Crippen LogP contribution in [0.4, 0.5) is 0 Å². The molecule has 2 aromatic carbocycles. The highest BCUT2D eigenvalue weighted by Crippen LogP contribution is 2.24. The van der Waals surface area contributed by atoms with E-state index in [1.54, 1.807) is 6.92 Å². The largest absolute Gasteiger partial charge is 0.465 e. The van der Waals surface area contributed by atoms with Gasteiger partial charge in [0.2, 0.25) is 0 Å². The van der Waals surface area contributed by atoms with E-state index < -0.39 is 12.0 Å². The molecule has 0 bridgehead atoms. The minimum absolute atomic E-state index is 0.321. The molecule has 0 amide bonds. The summed E-state index contributed by atoms with van der Waals surface area (Å²) in [5.74, 6) is -0.394. The maximum Gasteiger partial charge on any atom is 0.323 e. The third kappa shape index (κ3) is 3.95. The lowest BCUT2D eigenvalue weighted by atomic mass is 10.0. The molecule has 1 unspecified atom stereocenters. The van der Waals surface area contributed by atoms with Gasteiger partial charge < -0.3 is 10.5 Å². The van der Waals surface area contributed by atoms with Gasteiger partial charge in [-0.25, -0.2) is 4.68 Å². The summed E-state index contributed by atoms with van der Waals surface area (Å²) in [6, 6.07) is 19.0. The van der Waals surface area contributed by atoms with E-state index in [-0.39, 0.29) is 0 Å². The Morgan fingerprint density at radius 2 is 1.76 bits per heavy atom. The molecule has 0 radical (unpaired) electrons. The fourth-order valence-corrected chi connectivity index (χ4v) is 2.68. The van der Waals surface area contributed by atoms with Gasteiger partial charge in [-0.05, 0) is 19.1 Å². The Bertz CT molecular complexity index is 829. The molecule has 0 fully saturated rings. The van der Waals surface area contributed by atoms with E-state index >= 15 is 0 Å². The Morgan fingerprint density at radius 3 is 2.40 bits per heavy atom. The molecule has 5 nitrogen and oxygen atoms in total. The van der Waals surface area contributed by atoms with Crippen molar-refractivity contribution in [2.75, 3.05) is 6.61 Å². The van der Waals surface area contributed by atoms with Crippen LogP contribution in [0, 0.1) is 0 Å². The first kappa shape index (κ1) is 16.9. The van der Waals surface area contributed by atoms with Crippen molar-refractivity contribution in [2.24, 2.45) is 5.73 Å². The topological polar surface area (TPSA) is 70.1 Å². The van der Waals surface area contributed by atoms with Crippen molar-refractivity contribution in [3.63, 3.8) is 0 Å². The van der Waals surface area contributed by atoms with Crippen LogP contribution in [0.3, 0.4) is 0 Å². The van der Waals surface area contributed by atoms with E-state index in [2.05, 4.69) is 0 Å². The molecule has 0 aliphatic rings. The average Bonchev–Trinajstić information content (AvgIpc) is 3.07. The molecule has 5 heteroatoms. The number of nitrogens with two attached hydrogens (primary N) is 1. The van der Waals surface area contributed by atoms with Crippen LogP contribution in [-0.2, 0) is 16.0 Å². The summed E-state index contributed by atoms with van der Waals surface area (Å²) >= 11 is 0. The molecule has 128 valence electrons. The fraction of sp³-hybridized carbons (Fsp3) is 0.200. The predicted octanol–water partition coefficient (Wildman–Crippen LogP) is 2.97. The highest BCUT2D eigenvalue weighted by molar-refractivity contribution is 5.76. The Balaban J connectivity index is 1.97. The van der Waals surface area contributed by atoms with E-state index in [1.165, 1.54) is 0 Å². The van der Waals surface area contributed by atoms with Gasteiger partial charge in [0.15, 0.2) is 0 Å². The second kappa shape index (κ2) is 7.77. The Hall–Kier alpha value is -2.92. The van der Waals surface area contributed by atoms with Crippen molar-refractivity contribution in [1.29, 1.82) is 0 Å². The maximum atomic E-state index is 11.9. The Morgan fingerprint density at radius 1 is 1.12 bits per heavy atom. The number of hydrogen-bond acceptors (Lipinski definition) is 4. The number of para-hydroxylation sites is 1. The number of esters is 1. The molecule has 1 atom stereocenters. The molecule has 25 heavy (non-hydrogen) atoms. The molecule has 0 aliphatic heterocycles. The van der Waals surface area contributed by atoms with Crippen LogP contribution < -0.4 is 5.73 Å². The first-order chi connectivity index (χ1) is 12.2. The van der Waals surface area contributed by atoms with Crippen LogP contribution in [-0.4, -0.2) is 28.4 Å². The van der Waals surface area contributed by atoms with Crippen LogP contribution in [0.1, 0.15) is 12.5 Å². The van der Waals surface area contributed by atoms with Crippen LogP contribution in [0.2, 0.25) is 0 Å². The van der Waals surface area contributed by atoms with Crippen molar-refractivity contribution < 1.29 is 9.53 Å². The number of aromatic nitrogens is 2. The Kier molecular flexibility index (Phi) is 5.26. The highest BCUT2D eigenvalue weighted by atomic mass is 16.5. The Labute approximate surface area is 147 Å². The first-order valence-corrected chi connectivity index (χ1v) is 8.30. The maximum absolute atomic E-state index is 11.9. The van der Waals surface area contributed by atoms with Crippen LogP contribution in [0.5, 0.6) is 0 Å². The molecule has 1 aromatic heterocycles. The molecule has 0 spiro atoms. The summed E-state index contributed by atoms with van der Waals surface area (Å²) < 4.78 is 6.84. The lowest BCUT2D eigenvalue weighted by Gasteiger charge is -2.10. The van der Waals surface area contributed by atoms with Gasteiger partial charge in [0.1, 0.15) is 6.04 Å². The standard InChI is InChI=1S/C20H21N3O2/c1-2-25-20(24)18(21)13-16-14-23(17-11-7-4-8-12-17)22-19(16)15-9-5-3-6-10-15/h3-12,14,18H,2,13,21H2,1H3. The minimum Gasteiger partial charge on any atom is -0.465 e. The molecular weight excluding hydrogens is 314 g/mol. The number of ether oxygens (including phenoxy) is 1. The normalized spacial score (nSPS) is 11.9. The van der Waals surface area contributed by atoms with Gasteiger partial charge in [0, 0.05) is 23.7 Å². The highest BCUT2D eigenvalue weighted by Gasteiger charge is 2.20. The summed E-state index contributed by atoms with van der Waals surface area (Å²) in [7, 11) is 0.